The fourth-order valence-corrected chi connectivity index (χ4v) is 0.799. The second-order valence-electron chi connectivity index (χ2n) is 3.65. The van der Waals surface area contributed by atoms with Gasteiger partial charge in [0, 0.05) is 6.54 Å². The predicted octanol–water partition coefficient (Wildman–Crippen LogP) is 0.143. The number of hydrogen-bond acceptors (Lipinski definition) is 4. The van der Waals surface area contributed by atoms with Crippen LogP contribution in [0.1, 0.15) is 20.8 Å². The van der Waals surface area contributed by atoms with Gasteiger partial charge < -0.3 is 15.6 Å². The molecule has 0 aromatic carbocycles. The fraction of sp³-hybridized carbons (Fsp3) is 0.889. The number of nitrogens with two attached hydrogens (primary N) is 1. The number of carbonyl (C=O) groups excluding carboxylic acids is 1. The van der Waals surface area contributed by atoms with E-state index < -0.39 is 5.41 Å². The molecule has 0 aromatic heterocycles. The summed E-state index contributed by atoms with van der Waals surface area (Å²) in [5, 5.41) is 9.09. The summed E-state index contributed by atoms with van der Waals surface area (Å²) in [6.07, 6.45) is 0. The average Bonchev–Trinajstić information content (AvgIpc) is 2.12. The van der Waals surface area contributed by atoms with Gasteiger partial charge in [-0.15, -0.1) is 0 Å². The summed E-state index contributed by atoms with van der Waals surface area (Å²) >= 11 is 0. The Bertz CT molecular complexity index is 170. The smallest absolute Gasteiger partial charge is 0.314 e. The Kier molecular flexibility index (Phi) is 4.95. The van der Waals surface area contributed by atoms with Gasteiger partial charge in [-0.2, -0.15) is 0 Å². The van der Waals surface area contributed by atoms with Crippen molar-refractivity contribution in [2.75, 3.05) is 19.8 Å². The Labute approximate surface area is 79.1 Å². The highest BCUT2D eigenvalue weighted by Crippen LogP contribution is 2.27. The van der Waals surface area contributed by atoms with Gasteiger partial charge >= 0.3 is 5.97 Å². The number of rotatable bonds is 5. The summed E-state index contributed by atoms with van der Waals surface area (Å²) in [7, 11) is 0. The van der Waals surface area contributed by atoms with E-state index in [0.717, 1.165) is 0 Å². The maximum absolute atomic E-state index is 11.5. The number of aliphatic hydroxyl groups excluding tert-OH is 1. The highest BCUT2D eigenvalue weighted by molar-refractivity contribution is 5.76. The fourth-order valence-electron chi connectivity index (χ4n) is 0.799. The Hall–Kier alpha value is -0.610. The van der Waals surface area contributed by atoms with Crippen LogP contribution in [-0.4, -0.2) is 30.8 Å². The van der Waals surface area contributed by atoms with Gasteiger partial charge in [0.15, 0.2) is 0 Å². The normalized spacial score (nSPS) is 15.5. The molecular formula is C9H19NO3. The molecule has 0 saturated carbocycles. The number of carbonyl (C=O) groups is 1. The minimum atomic E-state index is -0.810. The second kappa shape index (κ2) is 5.19. The average molecular weight is 189 g/mol. The van der Waals surface area contributed by atoms with Gasteiger partial charge in [0.2, 0.25) is 0 Å². The lowest BCUT2D eigenvalue weighted by molar-refractivity contribution is -0.160. The molecule has 0 radical (unpaired) electrons. The molecule has 0 rings (SSSR count). The van der Waals surface area contributed by atoms with Crippen molar-refractivity contribution in [1.29, 1.82) is 0 Å². The van der Waals surface area contributed by atoms with Crippen molar-refractivity contribution in [1.82, 2.24) is 0 Å². The van der Waals surface area contributed by atoms with E-state index in [1.807, 2.05) is 13.8 Å². The van der Waals surface area contributed by atoms with Crippen LogP contribution in [0.3, 0.4) is 0 Å². The van der Waals surface area contributed by atoms with E-state index in [9.17, 15) is 4.79 Å². The van der Waals surface area contributed by atoms with Gasteiger partial charge in [-0.3, -0.25) is 4.79 Å². The van der Waals surface area contributed by atoms with E-state index in [2.05, 4.69) is 0 Å². The first-order valence-corrected chi connectivity index (χ1v) is 4.47. The van der Waals surface area contributed by atoms with Crippen molar-refractivity contribution in [2.24, 2.45) is 17.1 Å². The maximum atomic E-state index is 11.5. The minimum Gasteiger partial charge on any atom is -0.464 e. The van der Waals surface area contributed by atoms with Crippen LogP contribution in [0.2, 0.25) is 0 Å². The van der Waals surface area contributed by atoms with Crippen molar-refractivity contribution < 1.29 is 14.6 Å². The molecule has 0 spiro atoms. The Morgan fingerprint density at radius 2 is 2.15 bits per heavy atom. The molecule has 0 bridgehead atoms. The zero-order valence-corrected chi connectivity index (χ0v) is 8.54. The number of hydrogen-bond donors (Lipinski definition) is 2. The van der Waals surface area contributed by atoms with Gasteiger partial charge in [0.1, 0.15) is 6.61 Å². The standard InChI is InChI=1S/C9H19NO3/c1-7(2)9(3,6-11)8(12)13-5-4-10/h7,11H,4-6,10H2,1-3H3. The van der Waals surface area contributed by atoms with E-state index in [-0.39, 0.29) is 25.1 Å². The van der Waals surface area contributed by atoms with Crippen LogP contribution in [0, 0.1) is 11.3 Å². The lowest BCUT2D eigenvalue weighted by atomic mass is 9.80. The third-order valence-corrected chi connectivity index (χ3v) is 2.42. The number of esters is 1. The largest absolute Gasteiger partial charge is 0.464 e. The second-order valence-corrected chi connectivity index (χ2v) is 3.65. The van der Waals surface area contributed by atoms with Gasteiger partial charge in [-0.25, -0.2) is 0 Å². The monoisotopic (exact) mass is 189 g/mol. The first kappa shape index (κ1) is 12.4. The van der Waals surface area contributed by atoms with Crippen LogP contribution in [0.4, 0.5) is 0 Å². The van der Waals surface area contributed by atoms with Crippen LogP contribution >= 0.6 is 0 Å². The topological polar surface area (TPSA) is 72.5 Å². The molecule has 0 aliphatic carbocycles. The maximum Gasteiger partial charge on any atom is 0.314 e. The predicted molar refractivity (Wildman–Crippen MR) is 50.0 cm³/mol. The summed E-state index contributed by atoms with van der Waals surface area (Å²) < 4.78 is 4.88. The molecule has 78 valence electrons. The van der Waals surface area contributed by atoms with Crippen molar-refractivity contribution in [3.05, 3.63) is 0 Å². The lowest BCUT2D eigenvalue weighted by Crippen LogP contribution is -2.39. The van der Waals surface area contributed by atoms with Gasteiger partial charge in [-0.1, -0.05) is 13.8 Å². The minimum absolute atomic E-state index is 0.0442. The van der Waals surface area contributed by atoms with Crippen molar-refractivity contribution in [3.63, 3.8) is 0 Å². The third kappa shape index (κ3) is 2.97. The van der Waals surface area contributed by atoms with Gasteiger partial charge in [0.25, 0.3) is 0 Å². The molecule has 0 amide bonds. The third-order valence-electron chi connectivity index (χ3n) is 2.42. The molecule has 13 heavy (non-hydrogen) atoms. The molecule has 1 atom stereocenters. The first-order chi connectivity index (χ1) is 5.99. The highest BCUT2D eigenvalue weighted by atomic mass is 16.5. The Morgan fingerprint density at radius 1 is 1.62 bits per heavy atom. The molecule has 4 heteroatoms. The van der Waals surface area contributed by atoms with E-state index in [1.54, 1.807) is 6.92 Å². The first-order valence-electron chi connectivity index (χ1n) is 4.47. The zero-order valence-electron chi connectivity index (χ0n) is 8.54. The molecule has 1 unspecified atom stereocenters. The molecule has 0 fully saturated rings. The Balaban J connectivity index is 4.30. The van der Waals surface area contributed by atoms with E-state index in [1.165, 1.54) is 0 Å². The lowest BCUT2D eigenvalue weighted by Gasteiger charge is -2.28. The molecule has 3 N–H and O–H groups in total. The van der Waals surface area contributed by atoms with Crippen molar-refractivity contribution in [2.45, 2.75) is 20.8 Å². The molecule has 0 heterocycles. The van der Waals surface area contributed by atoms with Gasteiger partial charge in [-0.05, 0) is 12.8 Å². The van der Waals surface area contributed by atoms with Crippen LogP contribution in [-0.2, 0) is 9.53 Å². The number of ether oxygens (including phenoxy) is 1. The molecule has 0 saturated heterocycles. The van der Waals surface area contributed by atoms with Crippen LogP contribution in [0.15, 0.2) is 0 Å². The summed E-state index contributed by atoms with van der Waals surface area (Å²) in [5.74, 6) is -0.335. The molecule has 4 nitrogen and oxygen atoms in total. The van der Waals surface area contributed by atoms with E-state index in [0.29, 0.717) is 6.54 Å². The van der Waals surface area contributed by atoms with Crippen LogP contribution in [0.25, 0.3) is 0 Å². The highest BCUT2D eigenvalue weighted by Gasteiger charge is 2.37. The van der Waals surface area contributed by atoms with Crippen molar-refractivity contribution in [3.8, 4) is 0 Å². The quantitative estimate of drug-likeness (QED) is 0.603. The van der Waals surface area contributed by atoms with Crippen LogP contribution in [0.5, 0.6) is 0 Å². The molecule has 0 aliphatic heterocycles. The summed E-state index contributed by atoms with van der Waals surface area (Å²) in [4.78, 5) is 11.5. The summed E-state index contributed by atoms with van der Waals surface area (Å²) in [6, 6.07) is 0. The van der Waals surface area contributed by atoms with Crippen LogP contribution < -0.4 is 5.73 Å². The van der Waals surface area contributed by atoms with E-state index in [4.69, 9.17) is 15.6 Å². The molecular weight excluding hydrogens is 170 g/mol. The van der Waals surface area contributed by atoms with E-state index >= 15 is 0 Å². The van der Waals surface area contributed by atoms with Gasteiger partial charge in [0.05, 0.1) is 12.0 Å². The van der Waals surface area contributed by atoms with Crippen molar-refractivity contribution >= 4 is 5.97 Å². The summed E-state index contributed by atoms with van der Waals surface area (Å²) in [5.41, 5.74) is 4.39. The number of aliphatic hydroxyl groups is 1. The zero-order chi connectivity index (χ0) is 10.5. The SMILES string of the molecule is CC(C)C(C)(CO)C(=O)OCCN. The molecule has 0 aromatic rings. The Morgan fingerprint density at radius 3 is 2.46 bits per heavy atom. The molecule has 0 aliphatic rings. The summed E-state index contributed by atoms with van der Waals surface area (Å²) in [6.45, 7) is 5.76.